The van der Waals surface area contributed by atoms with E-state index in [1.807, 2.05) is 0 Å². The molecule has 0 aromatic heterocycles. The lowest BCUT2D eigenvalue weighted by atomic mass is 10.2. The van der Waals surface area contributed by atoms with Crippen molar-refractivity contribution in [1.29, 1.82) is 0 Å². The van der Waals surface area contributed by atoms with Gasteiger partial charge in [-0.3, -0.25) is 14.5 Å². The molecule has 0 saturated carbocycles. The Balaban J connectivity index is 1.64. The van der Waals surface area contributed by atoms with Gasteiger partial charge in [0, 0.05) is 28.7 Å². The van der Waals surface area contributed by atoms with Crippen LogP contribution in [0.15, 0.2) is 51.8 Å². The number of nitrogens with one attached hydrogen (secondary N) is 1. The van der Waals surface area contributed by atoms with E-state index in [0.29, 0.717) is 5.56 Å². The number of carbonyl (C=O) groups excluding carboxylic acids is 2. The Morgan fingerprint density at radius 1 is 1.26 bits per heavy atom. The summed E-state index contributed by atoms with van der Waals surface area (Å²) >= 11 is 9.54. The minimum Gasteiger partial charge on any atom is -0.507 e. The van der Waals surface area contributed by atoms with Crippen LogP contribution in [0.1, 0.15) is 17.5 Å². The Morgan fingerprint density at radius 2 is 2.00 bits per heavy atom. The molecule has 1 heterocycles. The number of amides is 2. The number of carbonyl (C=O) groups is 2. The van der Waals surface area contributed by atoms with Gasteiger partial charge in [-0.1, -0.05) is 46.0 Å². The molecule has 1 saturated heterocycles. The van der Waals surface area contributed by atoms with Crippen LogP contribution in [0.2, 0.25) is 0 Å². The van der Waals surface area contributed by atoms with E-state index in [2.05, 4.69) is 21.2 Å². The minimum atomic E-state index is -4.52. The van der Waals surface area contributed by atoms with E-state index in [4.69, 9.17) is 12.2 Å². The molecule has 0 radical (unpaired) electrons. The van der Waals surface area contributed by atoms with Crippen molar-refractivity contribution in [2.24, 2.45) is 0 Å². The second kappa shape index (κ2) is 9.41. The molecule has 31 heavy (non-hydrogen) atoms. The summed E-state index contributed by atoms with van der Waals surface area (Å²) in [6.07, 6.45) is -3.17. The lowest BCUT2D eigenvalue weighted by Crippen LogP contribution is -2.31. The Labute approximate surface area is 193 Å². The van der Waals surface area contributed by atoms with Crippen molar-refractivity contribution < 1.29 is 27.9 Å². The number of benzene rings is 2. The average Bonchev–Trinajstić information content (AvgIpc) is 2.95. The predicted molar refractivity (Wildman–Crippen MR) is 120 cm³/mol. The average molecular weight is 531 g/mol. The number of thiocarbonyl (C=S) groups is 1. The Hall–Kier alpha value is -2.37. The van der Waals surface area contributed by atoms with Gasteiger partial charge in [0.05, 0.1) is 10.5 Å². The van der Waals surface area contributed by atoms with E-state index in [-0.39, 0.29) is 33.6 Å². The first-order chi connectivity index (χ1) is 14.5. The number of phenols is 1. The van der Waals surface area contributed by atoms with Gasteiger partial charge in [0.15, 0.2) is 0 Å². The van der Waals surface area contributed by atoms with Crippen LogP contribution in [0.3, 0.4) is 0 Å². The number of hydrogen-bond acceptors (Lipinski definition) is 5. The summed E-state index contributed by atoms with van der Waals surface area (Å²) in [6, 6.07) is 9.07. The van der Waals surface area contributed by atoms with Crippen LogP contribution in [0.5, 0.6) is 5.75 Å². The highest BCUT2D eigenvalue weighted by Gasteiger charge is 2.33. The van der Waals surface area contributed by atoms with Crippen molar-refractivity contribution in [2.75, 3.05) is 11.9 Å². The van der Waals surface area contributed by atoms with E-state index in [1.54, 1.807) is 12.1 Å². The van der Waals surface area contributed by atoms with Gasteiger partial charge in [-0.25, -0.2) is 0 Å². The minimum absolute atomic E-state index is 0.00562. The van der Waals surface area contributed by atoms with Crippen LogP contribution in [0.25, 0.3) is 6.08 Å². The normalized spacial score (nSPS) is 15.6. The SMILES string of the molecule is O=C(CCN1C(=O)/C(=C/c2cc(Br)ccc2O)SC1=S)Nc1cccc(C(F)(F)F)c1. The summed E-state index contributed by atoms with van der Waals surface area (Å²) in [6.45, 7) is -0.0305. The lowest BCUT2D eigenvalue weighted by Gasteiger charge is -2.14. The summed E-state index contributed by atoms with van der Waals surface area (Å²) in [4.78, 5) is 26.3. The Bertz CT molecular complexity index is 1090. The number of rotatable bonds is 5. The Kier molecular flexibility index (Phi) is 7.07. The fourth-order valence-electron chi connectivity index (χ4n) is 2.69. The molecule has 11 heteroatoms. The first kappa shape index (κ1) is 23.3. The van der Waals surface area contributed by atoms with E-state index in [0.717, 1.165) is 28.4 Å². The molecule has 0 atom stereocenters. The molecule has 1 aliphatic heterocycles. The van der Waals surface area contributed by atoms with Gasteiger partial charge >= 0.3 is 6.18 Å². The first-order valence-electron chi connectivity index (χ1n) is 8.75. The molecule has 3 rings (SSSR count). The van der Waals surface area contributed by atoms with Crippen molar-refractivity contribution in [2.45, 2.75) is 12.6 Å². The lowest BCUT2D eigenvalue weighted by molar-refractivity contribution is -0.137. The molecule has 0 spiro atoms. The standard InChI is InChI=1S/C20H14BrF3N2O3S2/c21-13-4-5-15(27)11(8-13)9-16-18(29)26(19(30)31-16)7-6-17(28)25-14-3-1-2-12(10-14)20(22,23)24/h1-5,8-10,27H,6-7H2,(H,25,28)/b16-9-. The summed E-state index contributed by atoms with van der Waals surface area (Å²) in [7, 11) is 0. The van der Waals surface area contributed by atoms with Crippen LogP contribution in [-0.4, -0.2) is 32.7 Å². The molecule has 2 aromatic carbocycles. The van der Waals surface area contributed by atoms with Crippen molar-refractivity contribution in [1.82, 2.24) is 4.90 Å². The largest absolute Gasteiger partial charge is 0.507 e. The topological polar surface area (TPSA) is 69.6 Å². The third-order valence-corrected chi connectivity index (χ3v) is 6.06. The molecular weight excluding hydrogens is 517 g/mol. The van der Waals surface area contributed by atoms with Gasteiger partial charge in [-0.2, -0.15) is 13.2 Å². The fourth-order valence-corrected chi connectivity index (χ4v) is 4.36. The highest BCUT2D eigenvalue weighted by atomic mass is 79.9. The number of aromatic hydroxyl groups is 1. The monoisotopic (exact) mass is 530 g/mol. The van der Waals surface area contributed by atoms with Crippen molar-refractivity contribution in [3.63, 3.8) is 0 Å². The maximum atomic E-state index is 12.8. The van der Waals surface area contributed by atoms with Gasteiger partial charge < -0.3 is 10.4 Å². The highest BCUT2D eigenvalue weighted by Crippen LogP contribution is 2.35. The van der Waals surface area contributed by atoms with Crippen LogP contribution in [-0.2, 0) is 15.8 Å². The van der Waals surface area contributed by atoms with Crippen LogP contribution < -0.4 is 5.32 Å². The zero-order chi connectivity index (χ0) is 22.8. The molecular formula is C20H14BrF3N2O3S2. The number of alkyl halides is 3. The third-order valence-electron chi connectivity index (χ3n) is 4.19. The zero-order valence-corrected chi connectivity index (χ0v) is 18.8. The number of nitrogens with zero attached hydrogens (tertiary/aromatic N) is 1. The molecule has 1 aliphatic rings. The van der Waals surface area contributed by atoms with E-state index >= 15 is 0 Å². The summed E-state index contributed by atoms with van der Waals surface area (Å²) in [5.74, 6) is -0.975. The molecule has 162 valence electrons. The summed E-state index contributed by atoms with van der Waals surface area (Å²) < 4.78 is 39.3. The number of hydrogen-bond donors (Lipinski definition) is 2. The molecule has 5 nitrogen and oxygen atoms in total. The predicted octanol–water partition coefficient (Wildman–Crippen LogP) is 5.40. The Morgan fingerprint density at radius 3 is 2.71 bits per heavy atom. The number of anilines is 1. The highest BCUT2D eigenvalue weighted by molar-refractivity contribution is 9.10. The zero-order valence-electron chi connectivity index (χ0n) is 15.6. The van der Waals surface area contributed by atoms with Crippen LogP contribution in [0.4, 0.5) is 18.9 Å². The molecule has 0 unspecified atom stereocenters. The fraction of sp³-hybridized carbons (Fsp3) is 0.150. The van der Waals surface area contributed by atoms with E-state index in [1.165, 1.54) is 29.2 Å². The molecule has 1 fully saturated rings. The van der Waals surface area contributed by atoms with E-state index in [9.17, 15) is 27.9 Å². The van der Waals surface area contributed by atoms with Crippen molar-refractivity contribution in [3.05, 3.63) is 63.0 Å². The first-order valence-corrected chi connectivity index (χ1v) is 10.8. The smallest absolute Gasteiger partial charge is 0.416 e. The summed E-state index contributed by atoms with van der Waals surface area (Å²) in [5.41, 5.74) is -0.435. The van der Waals surface area contributed by atoms with Crippen LogP contribution in [0, 0.1) is 0 Å². The maximum absolute atomic E-state index is 12.8. The third kappa shape index (κ3) is 5.86. The number of phenolic OH excluding ortho intramolecular Hbond substituents is 1. The molecule has 0 aliphatic carbocycles. The summed E-state index contributed by atoms with van der Waals surface area (Å²) in [5, 5.41) is 12.3. The van der Waals surface area contributed by atoms with Gasteiger partial charge in [0.1, 0.15) is 10.1 Å². The molecule has 2 N–H and O–H groups in total. The second-order valence-electron chi connectivity index (χ2n) is 6.41. The number of thioether (sulfide) groups is 1. The molecule has 2 amide bonds. The molecule has 2 aromatic rings. The van der Waals surface area contributed by atoms with Gasteiger partial charge in [-0.15, -0.1) is 0 Å². The number of halogens is 4. The maximum Gasteiger partial charge on any atom is 0.416 e. The van der Waals surface area contributed by atoms with Gasteiger partial charge in [0.2, 0.25) is 5.91 Å². The van der Waals surface area contributed by atoms with Crippen LogP contribution >= 0.6 is 39.9 Å². The van der Waals surface area contributed by atoms with E-state index < -0.39 is 23.6 Å². The quantitative estimate of drug-likeness (QED) is 0.400. The molecule has 0 bridgehead atoms. The van der Waals surface area contributed by atoms with Gasteiger partial charge in [-0.05, 0) is 42.5 Å². The van der Waals surface area contributed by atoms with Gasteiger partial charge in [0.25, 0.3) is 5.91 Å². The second-order valence-corrected chi connectivity index (χ2v) is 9.00. The van der Waals surface area contributed by atoms with Crippen molar-refractivity contribution in [3.8, 4) is 5.75 Å². The van der Waals surface area contributed by atoms with Crippen molar-refractivity contribution >= 4 is 67.8 Å².